The second kappa shape index (κ2) is 36.5. The lowest BCUT2D eigenvalue weighted by Crippen LogP contribution is -2.26. The number of nitrogens with one attached hydrogen (secondary N) is 2. The highest BCUT2D eigenvalue weighted by Crippen LogP contribution is 2.53. The normalized spacial score (nSPS) is 13.5. The Hall–Kier alpha value is -11.3. The number of anilines is 6. The first-order valence-corrected chi connectivity index (χ1v) is 39.5. The Morgan fingerprint density at radius 1 is 0.261 bits per heavy atom. The minimum atomic E-state index is 0. The molecule has 2 unspecified atom stereocenters. The molecule has 111 heavy (non-hydrogen) atoms. The molecule has 0 fully saturated rings. The fraction of sp³-hybridized carbons (Fsp3) is 0.260. The summed E-state index contributed by atoms with van der Waals surface area (Å²) in [6.07, 6.45) is 0.196. The van der Waals surface area contributed by atoms with Gasteiger partial charge >= 0.3 is 0 Å². The van der Waals surface area contributed by atoms with E-state index in [1.54, 1.807) is 0 Å². The van der Waals surface area contributed by atoms with Gasteiger partial charge in [0.25, 0.3) is 0 Å². The van der Waals surface area contributed by atoms with Crippen LogP contribution in [0.15, 0.2) is 291 Å². The van der Waals surface area contributed by atoms with Crippen LogP contribution < -0.4 is 20.4 Å². The van der Waals surface area contributed by atoms with Gasteiger partial charge in [-0.25, -0.2) is 9.97 Å². The molecule has 0 radical (unpaired) electrons. The number of para-hydroxylation sites is 12. The van der Waals surface area contributed by atoms with Crippen LogP contribution in [0.2, 0.25) is 0 Å². The highest BCUT2D eigenvalue weighted by atomic mass is 17.0. The van der Waals surface area contributed by atoms with Crippen LogP contribution in [0.4, 0.5) is 34.1 Å². The zero-order chi connectivity index (χ0) is 77.9. The maximum absolute atomic E-state index is 6.00. The van der Waals surface area contributed by atoms with Gasteiger partial charge in [-0.15, -0.1) is 0 Å². The number of aromatic nitrogens is 4. The molecule has 2 aliphatic rings. The smallest absolute Gasteiger partial charge is 0.145 e. The molecule has 0 spiro atoms. The molecule has 0 saturated carbocycles. The van der Waals surface area contributed by atoms with Gasteiger partial charge in [-0.1, -0.05) is 353 Å². The number of rotatable bonds is 16. The van der Waals surface area contributed by atoms with Gasteiger partial charge in [0.15, 0.2) is 0 Å². The van der Waals surface area contributed by atoms with Gasteiger partial charge in [0.1, 0.15) is 24.0 Å². The first kappa shape index (κ1) is 80.7. The number of imidazole rings is 2. The van der Waals surface area contributed by atoms with E-state index < -0.39 is 0 Å². The summed E-state index contributed by atoms with van der Waals surface area (Å²) in [7, 11) is 0. The molecular formula is C100H112N8O3. The van der Waals surface area contributed by atoms with Crippen LogP contribution in [0.1, 0.15) is 226 Å². The van der Waals surface area contributed by atoms with Crippen LogP contribution in [0, 0.1) is 0 Å². The summed E-state index contributed by atoms with van der Waals surface area (Å²) in [5, 5.41) is 19.5. The van der Waals surface area contributed by atoms with E-state index in [1.807, 2.05) is 0 Å². The van der Waals surface area contributed by atoms with Crippen molar-refractivity contribution in [3.05, 3.63) is 347 Å². The van der Waals surface area contributed by atoms with E-state index in [2.05, 4.69) is 432 Å². The fourth-order valence-electron chi connectivity index (χ4n) is 15.7. The number of nitrogens with zero attached hydrogens (tertiary/aromatic N) is 6. The Morgan fingerprint density at radius 3 is 0.775 bits per heavy atom. The minimum Gasteiger partial charge on any atom is -0.412 e. The average Bonchev–Trinajstić information content (AvgIpc) is 1.67. The zero-order valence-corrected chi connectivity index (χ0v) is 67.6. The molecule has 570 valence electrons. The molecule has 0 aliphatic carbocycles. The van der Waals surface area contributed by atoms with Gasteiger partial charge in [0.05, 0.1) is 67.6 Å². The lowest BCUT2D eigenvalue weighted by Gasteiger charge is -2.33. The summed E-state index contributed by atoms with van der Waals surface area (Å²) in [6.45, 7) is 36.4. The SMILES string of the molecule is CC(C)c1cccc(C(C)C)c1-n1c(-c2ccccc2)nc2ccccc21.CC(C)c1cccc(C(C)C)c1-n1c(-c2ccccc2)nc2ccccc21.CC(C)c1cccc(C(C)C)c1N1c2ccccc2NC1c1ccccc1.CC(C)c1cccc(C(C)C)c1N1c2ccccc2NC1c1ccccc1.O.OO. The number of hydrogen-bond donors (Lipinski definition) is 4. The number of hydrogen-bond acceptors (Lipinski definition) is 8. The van der Waals surface area contributed by atoms with Gasteiger partial charge in [-0.05, 0) is 152 Å². The molecule has 2 aromatic heterocycles. The van der Waals surface area contributed by atoms with E-state index in [1.165, 1.54) is 101 Å². The summed E-state index contributed by atoms with van der Waals surface area (Å²) in [4.78, 5) is 15.1. The standard InChI is InChI=1S/2C25H28N2.2C25H26N2.H2O2.H2O/c4*1-17(2)20-13-10-14-21(18(3)4)24(20)27-23-16-9-8-15-22(23)26-25(27)19-11-6-5-7-12-19;1-2;/h2*5-18,25-26H,1-4H3;2*5-18H,1-4H3;1-2H;1H2. The predicted octanol–water partition coefficient (Wildman–Crippen LogP) is 27.5. The van der Waals surface area contributed by atoms with E-state index in [9.17, 15) is 0 Å². The van der Waals surface area contributed by atoms with Crippen LogP contribution in [0.25, 0.3) is 56.2 Å². The first-order valence-electron chi connectivity index (χ1n) is 39.5. The Morgan fingerprint density at radius 2 is 0.495 bits per heavy atom. The van der Waals surface area contributed by atoms with Crippen molar-refractivity contribution in [2.45, 2.75) is 170 Å². The summed E-state index contributed by atoms with van der Waals surface area (Å²) in [6, 6.07) is 104. The highest BCUT2D eigenvalue weighted by Gasteiger charge is 2.37. The van der Waals surface area contributed by atoms with Crippen LogP contribution >= 0.6 is 0 Å². The van der Waals surface area contributed by atoms with Crippen LogP contribution in [-0.2, 0) is 0 Å². The Bertz CT molecular complexity index is 4910. The van der Waals surface area contributed by atoms with E-state index in [-0.39, 0.29) is 17.8 Å². The van der Waals surface area contributed by atoms with Crippen LogP contribution in [0.5, 0.6) is 0 Å². The Balaban J connectivity index is 0.000000145. The third kappa shape index (κ3) is 17.0. The molecule has 0 amide bonds. The summed E-state index contributed by atoms with van der Waals surface area (Å²) < 4.78 is 4.74. The summed E-state index contributed by atoms with van der Waals surface area (Å²) in [5.74, 6) is 5.59. The molecule has 0 saturated heterocycles. The second-order valence-corrected chi connectivity index (χ2v) is 31.3. The predicted molar refractivity (Wildman–Crippen MR) is 470 cm³/mol. The van der Waals surface area contributed by atoms with Crippen molar-refractivity contribution in [2.24, 2.45) is 0 Å². The number of fused-ring (bicyclic) bond motifs is 4. The Labute approximate surface area is 659 Å². The molecule has 11 heteroatoms. The van der Waals surface area contributed by atoms with Gasteiger partial charge in [-0.2, -0.15) is 0 Å². The summed E-state index contributed by atoms with van der Waals surface area (Å²) >= 11 is 0. The quantitative estimate of drug-likeness (QED) is 0.0554. The lowest BCUT2D eigenvalue weighted by molar-refractivity contribution is -0.176. The number of benzene rings is 12. The third-order valence-corrected chi connectivity index (χ3v) is 21.1. The molecule has 2 aliphatic heterocycles. The van der Waals surface area contributed by atoms with Crippen molar-refractivity contribution >= 4 is 56.2 Å². The molecule has 12 aromatic carbocycles. The van der Waals surface area contributed by atoms with Crippen molar-refractivity contribution in [3.8, 4) is 34.2 Å². The van der Waals surface area contributed by atoms with Gasteiger partial charge in [-0.3, -0.25) is 19.6 Å². The van der Waals surface area contributed by atoms with Crippen molar-refractivity contribution in [3.63, 3.8) is 0 Å². The molecule has 16 rings (SSSR count). The maximum Gasteiger partial charge on any atom is 0.145 e. The van der Waals surface area contributed by atoms with Crippen LogP contribution in [-0.4, -0.2) is 35.1 Å². The zero-order valence-electron chi connectivity index (χ0n) is 67.6. The van der Waals surface area contributed by atoms with Crippen molar-refractivity contribution in [2.75, 3.05) is 20.4 Å². The first-order chi connectivity index (χ1) is 53.3. The van der Waals surface area contributed by atoms with E-state index >= 15 is 0 Å². The van der Waals surface area contributed by atoms with E-state index in [0.29, 0.717) is 47.3 Å². The molecule has 4 heterocycles. The molecule has 6 N–H and O–H groups in total. The van der Waals surface area contributed by atoms with Crippen LogP contribution in [0.3, 0.4) is 0 Å². The molecule has 2 atom stereocenters. The second-order valence-electron chi connectivity index (χ2n) is 31.3. The largest absolute Gasteiger partial charge is 0.412 e. The average molecular weight is 1470 g/mol. The van der Waals surface area contributed by atoms with Crippen molar-refractivity contribution in [1.29, 1.82) is 0 Å². The molecule has 0 bridgehead atoms. The molecular weight excluding hydrogens is 1360 g/mol. The minimum absolute atomic E-state index is 0. The van der Waals surface area contributed by atoms with E-state index in [4.69, 9.17) is 20.5 Å². The maximum atomic E-state index is 6.00. The molecule has 11 nitrogen and oxygen atoms in total. The van der Waals surface area contributed by atoms with E-state index in [0.717, 1.165) is 44.8 Å². The van der Waals surface area contributed by atoms with Crippen molar-refractivity contribution < 1.29 is 16.0 Å². The Kier molecular flexibility index (Phi) is 26.5. The summed E-state index contributed by atoms with van der Waals surface area (Å²) in [5.41, 5.74) is 30.5. The molecule has 14 aromatic rings. The highest BCUT2D eigenvalue weighted by molar-refractivity contribution is 5.89. The third-order valence-electron chi connectivity index (χ3n) is 21.1. The van der Waals surface area contributed by atoms with Gasteiger partial charge in [0, 0.05) is 11.1 Å². The lowest BCUT2D eigenvalue weighted by atomic mass is 9.91. The van der Waals surface area contributed by atoms with Gasteiger partial charge < -0.3 is 25.9 Å². The fourth-order valence-corrected chi connectivity index (χ4v) is 15.7. The monoisotopic (exact) mass is 1470 g/mol. The van der Waals surface area contributed by atoms with Crippen molar-refractivity contribution in [1.82, 2.24) is 19.1 Å². The van der Waals surface area contributed by atoms with Gasteiger partial charge in [0.2, 0.25) is 0 Å². The topological polar surface area (TPSA) is 138 Å².